The van der Waals surface area contributed by atoms with E-state index in [1.54, 1.807) is 0 Å². The van der Waals surface area contributed by atoms with Gasteiger partial charge in [-0.1, -0.05) is 81.1 Å². The van der Waals surface area contributed by atoms with Gasteiger partial charge in [0.15, 0.2) is 0 Å². The third-order valence-corrected chi connectivity index (χ3v) is 18.1. The van der Waals surface area contributed by atoms with E-state index in [1.807, 2.05) is 0 Å². The Balaban J connectivity index is 3.03. The molecule has 0 radical (unpaired) electrons. The molecule has 0 amide bonds. The topological polar surface area (TPSA) is 18.5 Å². The maximum Gasteiger partial charge on any atom is 0.326 e. The number of hydrogen-bond acceptors (Lipinski definition) is 2. The van der Waals surface area contributed by atoms with Gasteiger partial charge in [-0.25, -0.2) is 0 Å². The molecule has 0 spiro atoms. The number of rotatable bonds is 8. The Morgan fingerprint density at radius 2 is 0.750 bits per heavy atom. The van der Waals surface area contributed by atoms with Crippen LogP contribution in [0.5, 0.6) is 0 Å². The lowest BCUT2D eigenvalue weighted by atomic mass is 10.3. The Hall–Kier alpha value is 0.354. The smallest absolute Gasteiger partial charge is 0.326 e. The Kier molecular flexibility index (Phi) is 6.51. The van der Waals surface area contributed by atoms with E-state index < -0.39 is 17.1 Å². The highest BCUT2D eigenvalue weighted by Crippen LogP contribution is 2.56. The third-order valence-electron chi connectivity index (χ3n) is 5.84. The summed E-state index contributed by atoms with van der Waals surface area (Å²) in [6.07, 6.45) is 4.73. The second-order valence-electron chi connectivity index (χ2n) is 6.88. The van der Waals surface area contributed by atoms with Gasteiger partial charge in [0.1, 0.15) is 0 Å². The molecule has 1 aliphatic rings. The maximum atomic E-state index is 6.98. The van der Waals surface area contributed by atoms with Crippen molar-refractivity contribution in [1.82, 2.24) is 0 Å². The van der Waals surface area contributed by atoms with E-state index >= 15 is 0 Å². The summed E-state index contributed by atoms with van der Waals surface area (Å²) in [4.78, 5) is 0. The van der Waals surface area contributed by atoms with Gasteiger partial charge in [0, 0.05) is 0 Å². The minimum absolute atomic E-state index is 0.617. The first kappa shape index (κ1) is 18.4. The van der Waals surface area contributed by atoms with Crippen LogP contribution in [0.1, 0.15) is 81.1 Å². The van der Waals surface area contributed by atoms with Gasteiger partial charge < -0.3 is 8.23 Å². The van der Waals surface area contributed by atoms with Crippen molar-refractivity contribution in [3.05, 3.63) is 0 Å². The van der Waals surface area contributed by atoms with Crippen molar-refractivity contribution in [2.24, 2.45) is 0 Å². The fraction of sp³-hybridized carbons (Fsp3) is 1.00. The monoisotopic (exact) mass is 316 g/mol. The zero-order chi connectivity index (χ0) is 15.6. The predicted molar refractivity (Wildman–Crippen MR) is 92.5 cm³/mol. The average molecular weight is 317 g/mol. The summed E-state index contributed by atoms with van der Waals surface area (Å²) in [5.74, 6) is 0. The molecule has 0 N–H and O–H groups in total. The molecule has 2 nitrogen and oxygen atoms in total. The first-order valence-corrected chi connectivity index (χ1v) is 12.7. The third kappa shape index (κ3) is 2.81. The van der Waals surface area contributed by atoms with Gasteiger partial charge in [-0.2, -0.15) is 0 Å². The lowest BCUT2D eigenvalue weighted by Gasteiger charge is -2.62. The SMILES string of the molecule is CCC(C)[Si]1(C(C)CC)O[Si](C(C)CC)(C(C)CC)O1. The summed E-state index contributed by atoms with van der Waals surface area (Å²) >= 11 is 0. The van der Waals surface area contributed by atoms with E-state index in [0.717, 1.165) is 0 Å². The van der Waals surface area contributed by atoms with Gasteiger partial charge in [-0.05, 0) is 22.2 Å². The van der Waals surface area contributed by atoms with Crippen LogP contribution in [0.3, 0.4) is 0 Å². The molecule has 4 unspecified atom stereocenters. The fourth-order valence-corrected chi connectivity index (χ4v) is 18.1. The van der Waals surface area contributed by atoms with Crippen LogP contribution in [0.2, 0.25) is 22.2 Å². The molecule has 0 aromatic heterocycles. The lowest BCUT2D eigenvalue weighted by Crippen LogP contribution is -2.76. The fourth-order valence-electron chi connectivity index (χ4n) is 3.42. The number of hydrogen-bond donors (Lipinski definition) is 0. The van der Waals surface area contributed by atoms with Gasteiger partial charge in [0.2, 0.25) is 0 Å². The van der Waals surface area contributed by atoms with E-state index in [-0.39, 0.29) is 0 Å². The highest BCUT2D eigenvalue weighted by atomic mass is 28.5. The summed E-state index contributed by atoms with van der Waals surface area (Å²) in [5.41, 5.74) is 2.47. The molecule has 1 rings (SSSR count). The molecule has 1 aliphatic heterocycles. The van der Waals surface area contributed by atoms with Gasteiger partial charge in [-0.15, -0.1) is 0 Å². The molecule has 0 aliphatic carbocycles. The van der Waals surface area contributed by atoms with Crippen molar-refractivity contribution < 1.29 is 8.23 Å². The van der Waals surface area contributed by atoms with Crippen LogP contribution in [-0.2, 0) is 8.23 Å². The standard InChI is InChI=1S/C16H36O2Si2/c1-9-13(5)19(14(6)10-2)17-20(18-19,15(7)11-3)16(8)12-4/h13-16H,9-12H2,1-8H3. The quantitative estimate of drug-likeness (QED) is 0.502. The molecule has 20 heavy (non-hydrogen) atoms. The molecule has 1 saturated heterocycles. The largest absolute Gasteiger partial charge is 0.415 e. The summed E-state index contributed by atoms with van der Waals surface area (Å²) in [6, 6.07) is 0. The molecular formula is C16H36O2Si2. The summed E-state index contributed by atoms with van der Waals surface area (Å²) < 4.78 is 14.0. The second-order valence-corrected chi connectivity index (χ2v) is 15.3. The van der Waals surface area contributed by atoms with E-state index in [1.165, 1.54) is 25.7 Å². The predicted octanol–water partition coefficient (Wildman–Crippen LogP) is 6.12. The Morgan fingerprint density at radius 3 is 0.900 bits per heavy atom. The van der Waals surface area contributed by atoms with E-state index in [9.17, 15) is 0 Å². The maximum absolute atomic E-state index is 6.98. The lowest BCUT2D eigenvalue weighted by molar-refractivity contribution is 0.163. The van der Waals surface area contributed by atoms with Crippen molar-refractivity contribution in [1.29, 1.82) is 0 Å². The molecule has 0 aromatic rings. The van der Waals surface area contributed by atoms with Crippen LogP contribution < -0.4 is 0 Å². The summed E-state index contributed by atoms with van der Waals surface area (Å²) in [5, 5.41) is 0. The normalized spacial score (nSPS) is 36.0. The van der Waals surface area contributed by atoms with Crippen molar-refractivity contribution in [2.75, 3.05) is 0 Å². The molecule has 0 bridgehead atoms. The van der Waals surface area contributed by atoms with Crippen molar-refractivity contribution in [3.8, 4) is 0 Å². The van der Waals surface area contributed by atoms with E-state index in [2.05, 4.69) is 55.4 Å². The molecule has 4 heteroatoms. The van der Waals surface area contributed by atoms with Crippen LogP contribution in [0.15, 0.2) is 0 Å². The van der Waals surface area contributed by atoms with Crippen LogP contribution in [-0.4, -0.2) is 17.1 Å². The second kappa shape index (κ2) is 7.08. The minimum atomic E-state index is -1.98. The van der Waals surface area contributed by atoms with Crippen LogP contribution in [0.4, 0.5) is 0 Å². The van der Waals surface area contributed by atoms with Gasteiger partial charge in [0.25, 0.3) is 0 Å². The minimum Gasteiger partial charge on any atom is -0.415 e. The Bertz CT molecular complexity index is 251. The summed E-state index contributed by atoms with van der Waals surface area (Å²) in [7, 11) is -3.96. The van der Waals surface area contributed by atoms with Crippen LogP contribution in [0.25, 0.3) is 0 Å². The highest BCUT2D eigenvalue weighted by molar-refractivity contribution is 6.96. The van der Waals surface area contributed by atoms with Crippen LogP contribution in [0, 0.1) is 0 Å². The highest BCUT2D eigenvalue weighted by Gasteiger charge is 2.69. The van der Waals surface area contributed by atoms with Gasteiger partial charge in [-0.3, -0.25) is 0 Å². The van der Waals surface area contributed by atoms with Crippen molar-refractivity contribution >= 4 is 17.1 Å². The molecule has 1 heterocycles. The molecular weight excluding hydrogens is 280 g/mol. The summed E-state index contributed by atoms with van der Waals surface area (Å²) in [6.45, 7) is 18.5. The zero-order valence-electron chi connectivity index (χ0n) is 15.0. The molecule has 4 atom stereocenters. The van der Waals surface area contributed by atoms with E-state index in [4.69, 9.17) is 8.23 Å². The molecule has 0 aromatic carbocycles. The Labute approximate surface area is 129 Å². The average Bonchev–Trinajstić information content (AvgIpc) is 2.44. The van der Waals surface area contributed by atoms with Crippen molar-refractivity contribution in [3.63, 3.8) is 0 Å². The van der Waals surface area contributed by atoms with Gasteiger partial charge >= 0.3 is 17.1 Å². The van der Waals surface area contributed by atoms with Crippen LogP contribution >= 0.6 is 0 Å². The first-order valence-electron chi connectivity index (χ1n) is 8.74. The molecule has 0 saturated carbocycles. The first-order chi connectivity index (χ1) is 9.34. The molecule has 120 valence electrons. The van der Waals surface area contributed by atoms with E-state index in [0.29, 0.717) is 22.2 Å². The van der Waals surface area contributed by atoms with Gasteiger partial charge in [0.05, 0.1) is 0 Å². The Morgan fingerprint density at radius 1 is 0.550 bits per heavy atom. The van der Waals surface area contributed by atoms with Crippen molar-refractivity contribution in [2.45, 2.75) is 103 Å². The molecule has 1 fully saturated rings. The zero-order valence-corrected chi connectivity index (χ0v) is 17.0.